The summed E-state index contributed by atoms with van der Waals surface area (Å²) < 4.78 is 22.2. The minimum absolute atomic E-state index is 0.324. The van der Waals surface area contributed by atoms with Gasteiger partial charge >= 0.3 is 7.48 Å². The Labute approximate surface area is 169 Å². The van der Waals surface area contributed by atoms with Gasteiger partial charge in [-0.05, 0) is 64.4 Å². The van der Waals surface area contributed by atoms with Gasteiger partial charge in [-0.25, -0.2) is 9.37 Å². The summed E-state index contributed by atoms with van der Waals surface area (Å²) in [5, 5.41) is 10.3. The molecule has 0 unspecified atom stereocenters. The summed E-state index contributed by atoms with van der Waals surface area (Å²) in [7, 11) is 1.55. The van der Waals surface area contributed by atoms with E-state index in [2.05, 4.69) is 30.3 Å². The monoisotopic (exact) mass is 389 g/mol. The van der Waals surface area contributed by atoms with Crippen molar-refractivity contribution in [1.82, 2.24) is 9.55 Å². The van der Waals surface area contributed by atoms with Crippen molar-refractivity contribution in [2.75, 3.05) is 0 Å². The molecule has 0 atom stereocenters. The number of benzene rings is 1. The van der Waals surface area contributed by atoms with Gasteiger partial charge in [-0.15, -0.1) is 0 Å². The Morgan fingerprint density at radius 1 is 1.11 bits per heavy atom. The first-order valence-electron chi connectivity index (χ1n) is 10.1. The van der Waals surface area contributed by atoms with Crippen LogP contribution in [0.25, 0.3) is 11.0 Å². The van der Waals surface area contributed by atoms with Crippen LogP contribution in [0, 0.1) is 18.2 Å². The molecule has 0 fully saturated rings. The van der Waals surface area contributed by atoms with Crippen LogP contribution in [-0.4, -0.2) is 33.3 Å². The molecule has 28 heavy (non-hydrogen) atoms. The van der Waals surface area contributed by atoms with E-state index in [9.17, 15) is 9.50 Å². The topological polar surface area (TPSA) is 47.3 Å². The van der Waals surface area contributed by atoms with Crippen LogP contribution in [0.3, 0.4) is 0 Å². The first kappa shape index (κ1) is 22.9. The van der Waals surface area contributed by atoms with Crippen molar-refractivity contribution >= 4 is 24.0 Å². The van der Waals surface area contributed by atoms with E-state index >= 15 is 0 Å². The van der Waals surface area contributed by atoms with Crippen molar-refractivity contribution in [2.45, 2.75) is 92.4 Å². The lowest BCUT2D eigenvalue weighted by Gasteiger charge is -2.37. The zero-order valence-electron chi connectivity index (χ0n) is 18.7. The Morgan fingerprint density at radius 2 is 1.75 bits per heavy atom. The molecule has 0 bridgehead atoms. The lowest BCUT2D eigenvalue weighted by atomic mass is 9.82. The SMILES string of the molecule is Cc1nc2cc(F)cc([B]OC(C)(C)C(C)(C)O)c2n1CCCCC(C)(C)C. The van der Waals surface area contributed by atoms with E-state index in [-0.39, 0.29) is 5.82 Å². The highest BCUT2D eigenvalue weighted by atomic mass is 19.1. The molecule has 0 saturated heterocycles. The first-order chi connectivity index (χ1) is 12.7. The highest BCUT2D eigenvalue weighted by molar-refractivity contribution is 6.51. The minimum Gasteiger partial charge on any atom is -0.427 e. The van der Waals surface area contributed by atoms with Crippen molar-refractivity contribution in [2.24, 2.45) is 5.41 Å². The van der Waals surface area contributed by atoms with Gasteiger partial charge in [0.05, 0.1) is 22.2 Å². The van der Waals surface area contributed by atoms with Crippen LogP contribution in [0.5, 0.6) is 0 Å². The number of aliphatic hydroxyl groups is 1. The number of fused-ring (bicyclic) bond motifs is 1. The third kappa shape index (κ3) is 5.57. The van der Waals surface area contributed by atoms with E-state index in [0.29, 0.717) is 16.4 Å². The van der Waals surface area contributed by atoms with E-state index in [4.69, 9.17) is 4.65 Å². The molecule has 1 N–H and O–H groups in total. The summed E-state index contributed by atoms with van der Waals surface area (Å²) >= 11 is 0. The van der Waals surface area contributed by atoms with Crippen LogP contribution in [0.1, 0.15) is 73.6 Å². The molecule has 0 spiro atoms. The third-order valence-electron chi connectivity index (χ3n) is 5.54. The average Bonchev–Trinajstić information content (AvgIpc) is 2.82. The largest absolute Gasteiger partial charge is 0.427 e. The lowest BCUT2D eigenvalue weighted by Crippen LogP contribution is -2.49. The summed E-state index contributed by atoms with van der Waals surface area (Å²) in [6.07, 6.45) is 3.33. The second kappa shape index (κ2) is 8.15. The quantitative estimate of drug-likeness (QED) is 0.534. The van der Waals surface area contributed by atoms with Gasteiger partial charge in [0.1, 0.15) is 11.6 Å². The summed E-state index contributed by atoms with van der Waals surface area (Å²) in [6, 6.07) is 2.93. The van der Waals surface area contributed by atoms with Crippen molar-refractivity contribution in [3.63, 3.8) is 0 Å². The summed E-state index contributed by atoms with van der Waals surface area (Å²) in [4.78, 5) is 4.55. The zero-order chi connectivity index (χ0) is 21.3. The van der Waals surface area contributed by atoms with Crippen molar-refractivity contribution in [3.05, 3.63) is 23.8 Å². The Bertz CT molecular complexity index is 817. The molecule has 1 heterocycles. The summed E-state index contributed by atoms with van der Waals surface area (Å²) in [5.41, 5.74) is 0.608. The molecule has 0 amide bonds. The van der Waals surface area contributed by atoms with Gasteiger partial charge in [0.2, 0.25) is 0 Å². The maximum atomic E-state index is 14.2. The van der Waals surface area contributed by atoms with Crippen molar-refractivity contribution in [3.8, 4) is 0 Å². The van der Waals surface area contributed by atoms with Crippen LogP contribution < -0.4 is 5.46 Å². The highest BCUT2D eigenvalue weighted by Gasteiger charge is 2.36. The van der Waals surface area contributed by atoms with Gasteiger partial charge in [-0.2, -0.15) is 0 Å². The second-order valence-corrected chi connectivity index (χ2v) is 10.00. The molecule has 0 aliphatic carbocycles. The van der Waals surface area contributed by atoms with Crippen molar-refractivity contribution < 1.29 is 14.2 Å². The molecule has 2 rings (SSSR count). The van der Waals surface area contributed by atoms with E-state index in [1.807, 2.05) is 20.8 Å². The molecule has 0 saturated carbocycles. The van der Waals surface area contributed by atoms with Crippen LogP contribution in [0.4, 0.5) is 4.39 Å². The number of rotatable bonds is 8. The number of aromatic nitrogens is 2. The molecule has 1 radical (unpaired) electrons. The number of halogens is 1. The number of hydrogen-bond donors (Lipinski definition) is 1. The average molecular weight is 389 g/mol. The molecular weight excluding hydrogens is 354 g/mol. The van der Waals surface area contributed by atoms with Gasteiger partial charge in [-0.3, -0.25) is 0 Å². The summed E-state index contributed by atoms with van der Waals surface area (Å²) in [6.45, 7) is 16.6. The Kier molecular flexibility index (Phi) is 6.66. The Hall–Kier alpha value is -1.40. The molecule has 1 aromatic carbocycles. The highest BCUT2D eigenvalue weighted by Crippen LogP contribution is 2.25. The van der Waals surface area contributed by atoms with Crippen molar-refractivity contribution in [1.29, 1.82) is 0 Å². The fourth-order valence-corrected chi connectivity index (χ4v) is 3.02. The van der Waals surface area contributed by atoms with E-state index < -0.39 is 11.2 Å². The number of imidazole rings is 1. The third-order valence-corrected chi connectivity index (χ3v) is 5.54. The van der Waals surface area contributed by atoms with Gasteiger partial charge in [-0.1, -0.05) is 27.2 Å². The normalized spacial score (nSPS) is 13.4. The number of aryl methyl sites for hydroxylation is 2. The summed E-state index contributed by atoms with van der Waals surface area (Å²) in [5.74, 6) is 0.522. The molecule has 155 valence electrons. The van der Waals surface area contributed by atoms with Crippen LogP contribution in [0.15, 0.2) is 12.1 Å². The smallest absolute Gasteiger partial charge is 0.333 e. The first-order valence-corrected chi connectivity index (χ1v) is 10.1. The maximum absolute atomic E-state index is 14.2. The number of unbranched alkanes of at least 4 members (excludes halogenated alkanes) is 1. The Balaban J connectivity index is 2.28. The second-order valence-electron chi connectivity index (χ2n) is 10.00. The molecular formula is C22H35BFN2O2. The number of nitrogens with zero attached hydrogens (tertiary/aromatic N) is 2. The fourth-order valence-electron chi connectivity index (χ4n) is 3.02. The van der Waals surface area contributed by atoms with Gasteiger partial charge in [0, 0.05) is 12.6 Å². The van der Waals surface area contributed by atoms with E-state index in [0.717, 1.165) is 37.1 Å². The molecule has 1 aromatic heterocycles. The van der Waals surface area contributed by atoms with E-state index in [1.165, 1.54) is 12.1 Å². The molecule has 4 nitrogen and oxygen atoms in total. The standard InChI is InChI=1S/C22H35BFN2O2/c1-15-25-18-14-16(24)13-17(23-28-22(7,8)21(5,6)27)19(18)26(15)12-10-9-11-20(2,3)4/h13-14,27H,9-12H2,1-8H3. The van der Waals surface area contributed by atoms with Crippen LogP contribution >= 0.6 is 0 Å². The molecule has 0 aliphatic rings. The maximum Gasteiger partial charge on any atom is 0.333 e. The van der Waals surface area contributed by atoms with Crippen LogP contribution in [0.2, 0.25) is 0 Å². The van der Waals surface area contributed by atoms with Gasteiger partial charge < -0.3 is 14.3 Å². The molecule has 2 aromatic rings. The predicted molar refractivity (Wildman–Crippen MR) is 115 cm³/mol. The van der Waals surface area contributed by atoms with Gasteiger partial charge in [0.15, 0.2) is 0 Å². The van der Waals surface area contributed by atoms with Crippen LogP contribution in [-0.2, 0) is 11.2 Å². The molecule has 0 aliphatic heterocycles. The Morgan fingerprint density at radius 3 is 2.32 bits per heavy atom. The molecule has 6 heteroatoms. The predicted octanol–water partition coefficient (Wildman–Crippen LogP) is 4.51. The number of hydrogen-bond acceptors (Lipinski definition) is 3. The van der Waals surface area contributed by atoms with Gasteiger partial charge in [0.25, 0.3) is 0 Å². The zero-order valence-corrected chi connectivity index (χ0v) is 18.7. The lowest BCUT2D eigenvalue weighted by molar-refractivity contribution is -0.0893. The van der Waals surface area contributed by atoms with E-state index in [1.54, 1.807) is 21.3 Å². The minimum atomic E-state index is -1.04. The fraction of sp³-hybridized carbons (Fsp3) is 0.682.